The maximum atomic E-state index is 13.8. The van der Waals surface area contributed by atoms with Crippen molar-refractivity contribution in [1.82, 2.24) is 14.9 Å². The molecule has 1 aliphatic rings. The molecule has 0 bridgehead atoms. The Balaban J connectivity index is 1.61. The van der Waals surface area contributed by atoms with Gasteiger partial charge in [0.15, 0.2) is 0 Å². The first kappa shape index (κ1) is 26.2. The molecule has 0 spiro atoms. The van der Waals surface area contributed by atoms with Crippen molar-refractivity contribution in [3.63, 3.8) is 0 Å². The third kappa shape index (κ3) is 5.77. The minimum Gasteiger partial charge on any atom is -0.481 e. The number of aliphatic carboxylic acids is 1. The van der Waals surface area contributed by atoms with Crippen molar-refractivity contribution in [1.29, 1.82) is 0 Å². The predicted octanol–water partition coefficient (Wildman–Crippen LogP) is 4.12. The number of hydrogen-bond acceptors (Lipinski definition) is 7. The zero-order valence-corrected chi connectivity index (χ0v) is 20.7. The number of nitrogens with zero attached hydrogens (tertiary/aromatic N) is 3. The highest BCUT2D eigenvalue weighted by Crippen LogP contribution is 2.41. The number of carboxylic acid groups (broad SMARTS) is 1. The molecule has 0 aliphatic carbocycles. The van der Waals surface area contributed by atoms with Crippen molar-refractivity contribution in [3.8, 4) is 5.88 Å². The summed E-state index contributed by atoms with van der Waals surface area (Å²) in [4.78, 5) is 34.9. The van der Waals surface area contributed by atoms with E-state index < -0.39 is 18.0 Å². The van der Waals surface area contributed by atoms with Crippen molar-refractivity contribution in [3.05, 3.63) is 71.1 Å². The highest BCUT2D eigenvalue weighted by Gasteiger charge is 2.52. The number of anilines is 1. The van der Waals surface area contributed by atoms with Gasteiger partial charge in [-0.2, -0.15) is 8.78 Å². The van der Waals surface area contributed by atoms with E-state index in [1.165, 1.54) is 12.3 Å². The van der Waals surface area contributed by atoms with Gasteiger partial charge in [0, 0.05) is 18.8 Å². The first-order chi connectivity index (χ1) is 17.6. The molecule has 9 nitrogen and oxygen atoms in total. The fourth-order valence-corrected chi connectivity index (χ4v) is 4.59. The summed E-state index contributed by atoms with van der Waals surface area (Å²) in [5.41, 5.74) is 1.70. The number of nitrogens with one attached hydrogen (secondary N) is 1. The molecular formula is C26H28F2N4O5. The number of aryl methyl sites for hydroxylation is 1. The molecule has 1 aliphatic heterocycles. The third-order valence-corrected chi connectivity index (χ3v) is 6.26. The molecule has 1 saturated heterocycles. The van der Waals surface area contributed by atoms with Crippen LogP contribution in [0.4, 0.5) is 14.5 Å². The number of aromatic nitrogens is 2. The fraction of sp³-hybridized carbons (Fsp3) is 0.385. The maximum absolute atomic E-state index is 13.8. The summed E-state index contributed by atoms with van der Waals surface area (Å²) in [6.45, 7) is 3.52. The number of carboxylic acids is 1. The molecule has 4 rings (SSSR count). The van der Waals surface area contributed by atoms with Gasteiger partial charge in [-0.15, -0.1) is 0 Å². The lowest BCUT2D eigenvalue weighted by Gasteiger charge is -2.49. The lowest BCUT2D eigenvalue weighted by molar-refractivity contribution is -0.136. The summed E-state index contributed by atoms with van der Waals surface area (Å²) in [7, 11) is 0. The van der Waals surface area contributed by atoms with Gasteiger partial charge in [-0.25, -0.2) is 9.97 Å². The van der Waals surface area contributed by atoms with Crippen LogP contribution in [0.15, 0.2) is 47.1 Å². The molecule has 1 aromatic carbocycles. The second-order valence-electron chi connectivity index (χ2n) is 9.41. The minimum atomic E-state index is -3.09. The molecule has 196 valence electrons. The first-order valence-corrected chi connectivity index (χ1v) is 11.8. The number of benzene rings is 1. The van der Waals surface area contributed by atoms with E-state index in [1.54, 1.807) is 13.0 Å². The van der Waals surface area contributed by atoms with Crippen LogP contribution in [0.2, 0.25) is 0 Å². The summed E-state index contributed by atoms with van der Waals surface area (Å²) in [6.07, 6.45) is 1.07. The number of oxazole rings is 1. The molecule has 0 atom stereocenters. The van der Waals surface area contributed by atoms with E-state index >= 15 is 0 Å². The van der Waals surface area contributed by atoms with Gasteiger partial charge in [-0.3, -0.25) is 14.5 Å². The normalized spacial score (nSPS) is 15.0. The number of carbonyl (C=O) groups is 2. The van der Waals surface area contributed by atoms with Gasteiger partial charge >= 0.3 is 12.6 Å². The van der Waals surface area contributed by atoms with Crippen LogP contribution in [0.3, 0.4) is 0 Å². The molecule has 11 heteroatoms. The summed E-state index contributed by atoms with van der Waals surface area (Å²) in [5, 5.41) is 11.7. The lowest BCUT2D eigenvalue weighted by atomic mass is 9.69. The Bertz CT molecular complexity index is 1290. The van der Waals surface area contributed by atoms with E-state index in [0.717, 1.165) is 11.1 Å². The van der Waals surface area contributed by atoms with Gasteiger partial charge in [0.1, 0.15) is 12.0 Å². The molecule has 2 N–H and O–H groups in total. The Hall–Kier alpha value is -3.86. The number of amides is 1. The molecule has 0 radical (unpaired) electrons. The fourth-order valence-electron chi connectivity index (χ4n) is 4.59. The van der Waals surface area contributed by atoms with Crippen LogP contribution in [0.5, 0.6) is 5.88 Å². The highest BCUT2D eigenvalue weighted by atomic mass is 19.3. The molecular weight excluding hydrogens is 486 g/mol. The van der Waals surface area contributed by atoms with Gasteiger partial charge in [-0.1, -0.05) is 38.1 Å². The van der Waals surface area contributed by atoms with Crippen LogP contribution >= 0.6 is 0 Å². The molecule has 0 saturated carbocycles. The minimum absolute atomic E-state index is 0.0572. The second kappa shape index (κ2) is 10.6. The number of likely N-dealkylation sites (tertiary alicyclic amines) is 1. The first-order valence-electron chi connectivity index (χ1n) is 11.8. The predicted molar refractivity (Wildman–Crippen MR) is 130 cm³/mol. The van der Waals surface area contributed by atoms with E-state index in [2.05, 4.69) is 20.0 Å². The highest BCUT2D eigenvalue weighted by molar-refractivity contribution is 6.01. The second-order valence-corrected chi connectivity index (χ2v) is 9.41. The number of halogens is 2. The van der Waals surface area contributed by atoms with Crippen molar-refractivity contribution in [2.75, 3.05) is 18.4 Å². The largest absolute Gasteiger partial charge is 0.481 e. The average molecular weight is 515 g/mol. The Morgan fingerprint density at radius 3 is 2.59 bits per heavy atom. The van der Waals surface area contributed by atoms with Crippen LogP contribution in [0.1, 0.15) is 48.2 Å². The van der Waals surface area contributed by atoms with E-state index in [4.69, 9.17) is 9.52 Å². The van der Waals surface area contributed by atoms with E-state index in [9.17, 15) is 18.4 Å². The Morgan fingerprint density at radius 1 is 1.19 bits per heavy atom. The zero-order valence-electron chi connectivity index (χ0n) is 20.7. The van der Waals surface area contributed by atoms with Crippen LogP contribution in [-0.4, -0.2) is 51.6 Å². The molecule has 37 heavy (non-hydrogen) atoms. The third-order valence-electron chi connectivity index (χ3n) is 6.26. The van der Waals surface area contributed by atoms with Crippen LogP contribution in [0.25, 0.3) is 0 Å². The Labute approximate surface area is 212 Å². The molecule has 0 unspecified atom stereocenters. The number of ether oxygens (including phenoxy) is 1. The molecule has 2 aromatic heterocycles. The molecule has 1 fully saturated rings. The van der Waals surface area contributed by atoms with E-state index in [0.29, 0.717) is 30.4 Å². The summed E-state index contributed by atoms with van der Waals surface area (Å²) in [6, 6.07) is 10.8. The summed E-state index contributed by atoms with van der Waals surface area (Å²) >= 11 is 0. The van der Waals surface area contributed by atoms with Crippen molar-refractivity contribution >= 4 is 17.6 Å². The van der Waals surface area contributed by atoms with E-state index in [1.807, 2.05) is 43.0 Å². The number of pyridine rings is 1. The summed E-state index contributed by atoms with van der Waals surface area (Å²) in [5.74, 6) is -1.25. The standard InChI is InChI=1S/C26H28F2N4O5/c1-15(2)18-6-4-5-7-19(18)26(13-32(14-26)11-21-30-17(12-36-21)10-22(33)34)24(35)31-20-9-8-16(3)29-23(20)37-25(27)28/h4-9,12,15,25H,10-11,13-14H2,1-3H3,(H,31,35)(H,33,34). The Morgan fingerprint density at radius 2 is 1.92 bits per heavy atom. The number of hydrogen-bond donors (Lipinski definition) is 2. The van der Waals surface area contributed by atoms with Gasteiger partial charge in [0.2, 0.25) is 17.7 Å². The zero-order chi connectivity index (χ0) is 26.7. The monoisotopic (exact) mass is 514 g/mol. The Kier molecular flexibility index (Phi) is 7.53. The van der Waals surface area contributed by atoms with E-state index in [-0.39, 0.29) is 36.4 Å². The number of alkyl halides is 2. The smallest absolute Gasteiger partial charge is 0.388 e. The number of carbonyl (C=O) groups excluding carboxylic acids is 1. The van der Waals surface area contributed by atoms with Crippen LogP contribution < -0.4 is 10.1 Å². The average Bonchev–Trinajstić information content (AvgIpc) is 3.23. The molecule has 1 amide bonds. The lowest BCUT2D eigenvalue weighted by Crippen LogP contribution is -2.64. The van der Waals surface area contributed by atoms with Gasteiger partial charge in [-0.05, 0) is 36.1 Å². The summed E-state index contributed by atoms with van der Waals surface area (Å²) < 4.78 is 35.9. The van der Waals surface area contributed by atoms with Gasteiger partial charge < -0.3 is 19.6 Å². The quantitative estimate of drug-likeness (QED) is 0.415. The number of rotatable bonds is 10. The van der Waals surface area contributed by atoms with Crippen molar-refractivity contribution in [2.45, 2.75) is 51.7 Å². The molecule has 3 aromatic rings. The SMILES string of the molecule is Cc1ccc(NC(=O)C2(c3ccccc3C(C)C)CN(Cc3nc(CC(=O)O)co3)C2)c(OC(F)F)n1. The van der Waals surface area contributed by atoms with Crippen molar-refractivity contribution in [2.24, 2.45) is 0 Å². The van der Waals surface area contributed by atoms with Crippen LogP contribution in [0, 0.1) is 6.92 Å². The topological polar surface area (TPSA) is 118 Å². The maximum Gasteiger partial charge on any atom is 0.388 e. The van der Waals surface area contributed by atoms with Gasteiger partial charge in [0.25, 0.3) is 0 Å². The van der Waals surface area contributed by atoms with Crippen LogP contribution in [-0.2, 0) is 28.0 Å². The van der Waals surface area contributed by atoms with Crippen molar-refractivity contribution < 1.29 is 32.6 Å². The van der Waals surface area contributed by atoms with Gasteiger partial charge in [0.05, 0.1) is 24.1 Å². The molecule has 3 heterocycles.